The summed E-state index contributed by atoms with van der Waals surface area (Å²) >= 11 is 0. The lowest BCUT2D eigenvalue weighted by molar-refractivity contribution is -0.112. The maximum Gasteiger partial charge on any atom is 0.0798 e. The molecule has 1 N–H and O–H groups in total. The van der Waals surface area contributed by atoms with Crippen molar-refractivity contribution in [2.24, 2.45) is 11.8 Å². The lowest BCUT2D eigenvalue weighted by Gasteiger charge is -2.47. The molecule has 2 aliphatic carbocycles. The summed E-state index contributed by atoms with van der Waals surface area (Å²) in [5, 5.41) is 9.90. The molecule has 0 aliphatic heterocycles. The number of allylic oxidation sites excluding steroid dienone is 2. The first-order chi connectivity index (χ1) is 5.26. The molecule has 58 valence electrons. The fraction of sp³-hybridized carbons (Fsp3) is 0.600. The average molecular weight is 148 g/mol. The van der Waals surface area contributed by atoms with Crippen molar-refractivity contribution in [3.05, 3.63) is 12.2 Å². The molecule has 3 unspecified atom stereocenters. The second kappa shape index (κ2) is 2.12. The molecule has 2 aliphatic rings. The summed E-state index contributed by atoms with van der Waals surface area (Å²) in [6, 6.07) is 0. The smallest absolute Gasteiger partial charge is 0.0798 e. The van der Waals surface area contributed by atoms with Crippen LogP contribution in [0.2, 0.25) is 0 Å². The largest absolute Gasteiger partial charge is 0.389 e. The molecule has 1 saturated carbocycles. The highest BCUT2D eigenvalue weighted by atomic mass is 16.3. The molecule has 1 fully saturated rings. The van der Waals surface area contributed by atoms with Gasteiger partial charge in [-0.3, -0.25) is 0 Å². The van der Waals surface area contributed by atoms with E-state index in [9.17, 15) is 5.11 Å². The van der Waals surface area contributed by atoms with Gasteiger partial charge in [0.05, 0.1) is 5.60 Å². The maximum atomic E-state index is 9.90. The van der Waals surface area contributed by atoms with Gasteiger partial charge < -0.3 is 5.11 Å². The monoisotopic (exact) mass is 148 g/mol. The van der Waals surface area contributed by atoms with Gasteiger partial charge in [0.1, 0.15) is 0 Å². The summed E-state index contributed by atoms with van der Waals surface area (Å²) in [5.74, 6) is 3.59. The fourth-order valence-corrected chi connectivity index (χ4v) is 2.32. The van der Waals surface area contributed by atoms with Crippen LogP contribution in [-0.2, 0) is 0 Å². The molecule has 1 heteroatoms. The normalized spacial score (nSPS) is 46.2. The quantitative estimate of drug-likeness (QED) is 0.439. The third kappa shape index (κ3) is 0.829. The lowest BCUT2D eigenvalue weighted by Crippen LogP contribution is -2.51. The van der Waals surface area contributed by atoms with E-state index in [0.29, 0.717) is 18.3 Å². The molecule has 0 aromatic carbocycles. The summed E-state index contributed by atoms with van der Waals surface area (Å²) in [4.78, 5) is 0. The molecule has 0 aromatic rings. The van der Waals surface area contributed by atoms with Crippen LogP contribution >= 0.6 is 0 Å². The SMILES string of the molecule is C#CCC1(O)CC2C=CCC21. The zero-order chi connectivity index (χ0) is 7.90. The topological polar surface area (TPSA) is 20.2 Å². The molecule has 0 saturated heterocycles. The summed E-state index contributed by atoms with van der Waals surface area (Å²) in [6.45, 7) is 0. The van der Waals surface area contributed by atoms with Gasteiger partial charge >= 0.3 is 0 Å². The maximum absolute atomic E-state index is 9.90. The van der Waals surface area contributed by atoms with Crippen molar-refractivity contribution in [3.63, 3.8) is 0 Å². The van der Waals surface area contributed by atoms with Gasteiger partial charge in [0.25, 0.3) is 0 Å². The van der Waals surface area contributed by atoms with E-state index in [2.05, 4.69) is 18.1 Å². The third-order valence-electron chi connectivity index (χ3n) is 2.98. The third-order valence-corrected chi connectivity index (χ3v) is 2.98. The van der Waals surface area contributed by atoms with Crippen molar-refractivity contribution in [2.75, 3.05) is 0 Å². The van der Waals surface area contributed by atoms with Crippen LogP contribution in [0, 0.1) is 24.2 Å². The molecule has 0 aromatic heterocycles. The Morgan fingerprint density at radius 2 is 2.55 bits per heavy atom. The Balaban J connectivity index is 2.06. The van der Waals surface area contributed by atoms with E-state index < -0.39 is 5.60 Å². The summed E-state index contributed by atoms with van der Waals surface area (Å²) in [7, 11) is 0. The van der Waals surface area contributed by atoms with Crippen molar-refractivity contribution in [1.29, 1.82) is 0 Å². The Hall–Kier alpha value is -0.740. The molecule has 0 heterocycles. The first-order valence-electron chi connectivity index (χ1n) is 4.09. The van der Waals surface area contributed by atoms with E-state index in [1.807, 2.05) is 0 Å². The Morgan fingerprint density at radius 3 is 3.18 bits per heavy atom. The summed E-state index contributed by atoms with van der Waals surface area (Å²) in [6.07, 6.45) is 12.0. The van der Waals surface area contributed by atoms with Crippen molar-refractivity contribution >= 4 is 0 Å². The van der Waals surface area contributed by atoms with E-state index >= 15 is 0 Å². The minimum atomic E-state index is -0.525. The van der Waals surface area contributed by atoms with Crippen LogP contribution in [0.25, 0.3) is 0 Å². The van der Waals surface area contributed by atoms with Gasteiger partial charge in [-0.15, -0.1) is 12.3 Å². The average Bonchev–Trinajstić information content (AvgIpc) is 2.32. The number of terminal acetylenes is 1. The Kier molecular flexibility index (Phi) is 1.34. The van der Waals surface area contributed by atoms with Gasteiger partial charge in [-0.1, -0.05) is 12.2 Å². The van der Waals surface area contributed by atoms with Gasteiger partial charge in [0.15, 0.2) is 0 Å². The van der Waals surface area contributed by atoms with Crippen LogP contribution in [0.5, 0.6) is 0 Å². The van der Waals surface area contributed by atoms with E-state index in [4.69, 9.17) is 6.42 Å². The van der Waals surface area contributed by atoms with Crippen LogP contribution in [0.15, 0.2) is 12.2 Å². The Bertz CT molecular complexity index is 236. The molecular formula is C10H12O. The van der Waals surface area contributed by atoms with Crippen LogP contribution in [0.1, 0.15) is 19.3 Å². The van der Waals surface area contributed by atoms with E-state index in [1.165, 1.54) is 0 Å². The number of aliphatic hydroxyl groups is 1. The summed E-state index contributed by atoms with van der Waals surface area (Å²) < 4.78 is 0. The van der Waals surface area contributed by atoms with Gasteiger partial charge in [0.2, 0.25) is 0 Å². The van der Waals surface area contributed by atoms with Crippen LogP contribution in [-0.4, -0.2) is 10.7 Å². The first kappa shape index (κ1) is 6.94. The molecule has 1 nitrogen and oxygen atoms in total. The molecule has 0 radical (unpaired) electrons. The van der Waals surface area contributed by atoms with Gasteiger partial charge in [-0.2, -0.15) is 0 Å². The minimum Gasteiger partial charge on any atom is -0.389 e. The molecule has 0 amide bonds. The molecule has 0 spiro atoms. The number of hydrogen-bond acceptors (Lipinski definition) is 1. The van der Waals surface area contributed by atoms with Crippen molar-refractivity contribution in [2.45, 2.75) is 24.9 Å². The second-order valence-electron chi connectivity index (χ2n) is 3.62. The highest BCUT2D eigenvalue weighted by Crippen LogP contribution is 2.51. The van der Waals surface area contributed by atoms with Crippen LogP contribution < -0.4 is 0 Å². The predicted molar refractivity (Wildman–Crippen MR) is 43.8 cm³/mol. The van der Waals surface area contributed by atoms with Gasteiger partial charge in [0, 0.05) is 6.42 Å². The Morgan fingerprint density at radius 1 is 1.73 bits per heavy atom. The van der Waals surface area contributed by atoms with E-state index in [-0.39, 0.29) is 0 Å². The predicted octanol–water partition coefficient (Wildman–Crippen LogP) is 1.34. The van der Waals surface area contributed by atoms with Crippen LogP contribution in [0.4, 0.5) is 0 Å². The van der Waals surface area contributed by atoms with E-state index in [0.717, 1.165) is 12.8 Å². The van der Waals surface area contributed by atoms with Crippen molar-refractivity contribution < 1.29 is 5.11 Å². The van der Waals surface area contributed by atoms with Crippen LogP contribution in [0.3, 0.4) is 0 Å². The first-order valence-corrected chi connectivity index (χ1v) is 4.09. The highest BCUT2D eigenvalue weighted by Gasteiger charge is 2.51. The molecule has 3 atom stereocenters. The summed E-state index contributed by atoms with van der Waals surface area (Å²) in [5.41, 5.74) is -0.525. The molecule has 0 bridgehead atoms. The number of hydrogen-bond donors (Lipinski definition) is 1. The van der Waals surface area contributed by atoms with E-state index in [1.54, 1.807) is 0 Å². The zero-order valence-electron chi connectivity index (χ0n) is 6.46. The number of fused-ring (bicyclic) bond motifs is 1. The lowest BCUT2D eigenvalue weighted by atomic mass is 9.61. The zero-order valence-corrected chi connectivity index (χ0v) is 6.46. The Labute approximate surface area is 67.1 Å². The van der Waals surface area contributed by atoms with Gasteiger partial charge in [-0.05, 0) is 24.7 Å². The van der Waals surface area contributed by atoms with Crippen molar-refractivity contribution in [3.8, 4) is 12.3 Å². The van der Waals surface area contributed by atoms with Crippen molar-refractivity contribution in [1.82, 2.24) is 0 Å². The fourth-order valence-electron chi connectivity index (χ4n) is 2.32. The standard InChI is InChI=1S/C10H12O/c1-2-6-10(11)7-8-4-3-5-9(8)10/h1,3-4,8-9,11H,5-7H2. The second-order valence-corrected chi connectivity index (χ2v) is 3.62. The van der Waals surface area contributed by atoms with Gasteiger partial charge in [-0.25, -0.2) is 0 Å². The molecule has 11 heavy (non-hydrogen) atoms. The molecular weight excluding hydrogens is 136 g/mol. The number of rotatable bonds is 1. The minimum absolute atomic E-state index is 0.429. The highest BCUT2D eigenvalue weighted by molar-refractivity contribution is 5.18. The molecule has 2 rings (SSSR count).